The maximum atomic E-state index is 12.5. The van der Waals surface area contributed by atoms with Gasteiger partial charge in [0.1, 0.15) is 0 Å². The first-order valence-electron chi connectivity index (χ1n) is 9.03. The third-order valence-electron chi connectivity index (χ3n) is 5.17. The lowest BCUT2D eigenvalue weighted by atomic mass is 9.96. The van der Waals surface area contributed by atoms with Crippen LogP contribution in [0.3, 0.4) is 0 Å². The van der Waals surface area contributed by atoms with Gasteiger partial charge in [-0.15, -0.1) is 0 Å². The van der Waals surface area contributed by atoms with Gasteiger partial charge in [0.15, 0.2) is 6.29 Å². The molecule has 0 spiro atoms. The molecule has 0 aliphatic carbocycles. The summed E-state index contributed by atoms with van der Waals surface area (Å²) in [6, 6.07) is 0. The third-order valence-corrected chi connectivity index (χ3v) is 5.17. The van der Waals surface area contributed by atoms with E-state index in [0.29, 0.717) is 25.6 Å². The van der Waals surface area contributed by atoms with E-state index in [1.165, 1.54) is 0 Å². The summed E-state index contributed by atoms with van der Waals surface area (Å²) in [7, 11) is 0. The van der Waals surface area contributed by atoms with Crippen LogP contribution < -0.4 is 0 Å². The molecule has 6 nitrogen and oxygen atoms in total. The van der Waals surface area contributed by atoms with Crippen LogP contribution in [0.5, 0.6) is 0 Å². The van der Waals surface area contributed by atoms with Gasteiger partial charge in [-0.1, -0.05) is 12.8 Å². The molecule has 6 heteroatoms. The number of ether oxygens (including phenoxy) is 2. The first-order valence-corrected chi connectivity index (χ1v) is 9.03. The van der Waals surface area contributed by atoms with Crippen LogP contribution in [0.25, 0.3) is 0 Å². The van der Waals surface area contributed by atoms with Gasteiger partial charge < -0.3 is 19.3 Å². The molecule has 0 aromatic carbocycles. The van der Waals surface area contributed by atoms with E-state index in [0.717, 1.165) is 58.2 Å². The summed E-state index contributed by atoms with van der Waals surface area (Å²) in [6.07, 6.45) is 6.61. The Kier molecular flexibility index (Phi) is 5.89. The van der Waals surface area contributed by atoms with E-state index < -0.39 is 0 Å². The Morgan fingerprint density at radius 1 is 1.00 bits per heavy atom. The van der Waals surface area contributed by atoms with Crippen LogP contribution in [0.2, 0.25) is 0 Å². The molecule has 130 valence electrons. The predicted molar refractivity (Wildman–Crippen MR) is 84.7 cm³/mol. The van der Waals surface area contributed by atoms with Gasteiger partial charge in [0.2, 0.25) is 11.8 Å². The van der Waals surface area contributed by atoms with Gasteiger partial charge in [-0.05, 0) is 25.7 Å². The predicted octanol–water partition coefficient (Wildman–Crippen LogP) is 1.39. The van der Waals surface area contributed by atoms with E-state index in [2.05, 4.69) is 0 Å². The maximum absolute atomic E-state index is 12.5. The summed E-state index contributed by atoms with van der Waals surface area (Å²) < 4.78 is 11.1. The van der Waals surface area contributed by atoms with Gasteiger partial charge in [-0.25, -0.2) is 0 Å². The summed E-state index contributed by atoms with van der Waals surface area (Å²) in [6.45, 7) is 3.83. The minimum atomic E-state index is -0.0804. The molecular weight excluding hydrogens is 296 g/mol. The lowest BCUT2D eigenvalue weighted by molar-refractivity contribution is -0.143. The number of carbonyl (C=O) groups is 2. The molecule has 3 aliphatic heterocycles. The van der Waals surface area contributed by atoms with Gasteiger partial charge >= 0.3 is 0 Å². The number of carbonyl (C=O) groups excluding carboxylic acids is 2. The Bertz CT molecular complexity index is 415. The SMILES string of the molecule is O=C(CN1CCCCCCC1=O)N1CCC(C2OCCO2)CC1. The summed E-state index contributed by atoms with van der Waals surface area (Å²) in [5.41, 5.74) is 0. The van der Waals surface area contributed by atoms with Crippen molar-refractivity contribution in [2.75, 3.05) is 39.4 Å². The van der Waals surface area contributed by atoms with E-state index in [1.54, 1.807) is 4.90 Å². The number of likely N-dealkylation sites (tertiary alicyclic amines) is 2. The second-order valence-electron chi connectivity index (χ2n) is 6.81. The molecule has 0 aromatic rings. The Labute approximate surface area is 138 Å². The van der Waals surface area contributed by atoms with Gasteiger partial charge in [-0.2, -0.15) is 0 Å². The summed E-state index contributed by atoms with van der Waals surface area (Å²) >= 11 is 0. The third kappa shape index (κ3) is 4.44. The molecule has 3 saturated heterocycles. The van der Waals surface area contributed by atoms with Gasteiger partial charge in [0.05, 0.1) is 19.8 Å². The quantitative estimate of drug-likeness (QED) is 0.787. The fraction of sp³-hybridized carbons (Fsp3) is 0.882. The molecule has 0 saturated carbocycles. The molecule has 3 heterocycles. The highest BCUT2D eigenvalue weighted by molar-refractivity contribution is 5.85. The van der Waals surface area contributed by atoms with E-state index in [9.17, 15) is 9.59 Å². The summed E-state index contributed by atoms with van der Waals surface area (Å²) in [4.78, 5) is 28.3. The van der Waals surface area contributed by atoms with Crippen molar-refractivity contribution in [1.29, 1.82) is 0 Å². The largest absolute Gasteiger partial charge is 0.350 e. The first kappa shape index (κ1) is 16.7. The average molecular weight is 324 g/mol. The highest BCUT2D eigenvalue weighted by Crippen LogP contribution is 2.26. The molecule has 0 atom stereocenters. The number of hydrogen-bond acceptors (Lipinski definition) is 4. The Balaban J connectivity index is 1.45. The smallest absolute Gasteiger partial charge is 0.242 e. The van der Waals surface area contributed by atoms with Crippen molar-refractivity contribution in [3.63, 3.8) is 0 Å². The van der Waals surface area contributed by atoms with Crippen LogP contribution in [0.1, 0.15) is 44.9 Å². The van der Waals surface area contributed by atoms with Gasteiger partial charge in [-0.3, -0.25) is 9.59 Å². The van der Waals surface area contributed by atoms with Crippen molar-refractivity contribution < 1.29 is 19.1 Å². The highest BCUT2D eigenvalue weighted by atomic mass is 16.7. The fourth-order valence-corrected chi connectivity index (χ4v) is 3.72. The Morgan fingerprint density at radius 3 is 2.43 bits per heavy atom. The second-order valence-corrected chi connectivity index (χ2v) is 6.81. The zero-order valence-corrected chi connectivity index (χ0v) is 13.9. The Morgan fingerprint density at radius 2 is 1.70 bits per heavy atom. The van der Waals surface area contributed by atoms with Crippen LogP contribution in [0.15, 0.2) is 0 Å². The maximum Gasteiger partial charge on any atom is 0.242 e. The van der Waals surface area contributed by atoms with Crippen LogP contribution in [0, 0.1) is 5.92 Å². The van der Waals surface area contributed by atoms with Crippen LogP contribution in [-0.2, 0) is 19.1 Å². The average Bonchev–Trinajstić information content (AvgIpc) is 3.09. The number of nitrogens with zero attached hydrogens (tertiary/aromatic N) is 2. The number of hydrogen-bond donors (Lipinski definition) is 0. The molecule has 0 N–H and O–H groups in total. The molecule has 3 fully saturated rings. The molecular formula is C17H28N2O4. The topological polar surface area (TPSA) is 59.1 Å². The standard InChI is InChI=1S/C17H28N2O4/c20-15-5-3-1-2-4-8-19(15)13-16(21)18-9-6-14(7-10-18)17-22-11-12-23-17/h14,17H,1-13H2. The molecule has 0 aromatic heterocycles. The first-order chi connectivity index (χ1) is 11.2. The Hall–Kier alpha value is -1.14. The summed E-state index contributed by atoms with van der Waals surface area (Å²) in [5, 5.41) is 0. The van der Waals surface area contributed by atoms with Crippen molar-refractivity contribution in [3.05, 3.63) is 0 Å². The van der Waals surface area contributed by atoms with Crippen molar-refractivity contribution in [1.82, 2.24) is 9.80 Å². The van der Waals surface area contributed by atoms with Crippen molar-refractivity contribution in [2.24, 2.45) is 5.92 Å². The van der Waals surface area contributed by atoms with Crippen LogP contribution >= 0.6 is 0 Å². The minimum absolute atomic E-state index is 0.0804. The zero-order chi connectivity index (χ0) is 16.1. The molecule has 23 heavy (non-hydrogen) atoms. The van der Waals surface area contributed by atoms with Gasteiger partial charge in [0.25, 0.3) is 0 Å². The van der Waals surface area contributed by atoms with Crippen molar-refractivity contribution >= 4 is 11.8 Å². The normalized spacial score (nSPS) is 25.5. The summed E-state index contributed by atoms with van der Waals surface area (Å²) in [5.74, 6) is 0.621. The zero-order valence-electron chi connectivity index (χ0n) is 13.9. The fourth-order valence-electron chi connectivity index (χ4n) is 3.72. The highest BCUT2D eigenvalue weighted by Gasteiger charge is 2.32. The van der Waals surface area contributed by atoms with Gasteiger partial charge in [0, 0.05) is 32.0 Å². The van der Waals surface area contributed by atoms with E-state index in [1.807, 2.05) is 4.90 Å². The van der Waals surface area contributed by atoms with Crippen LogP contribution in [0.4, 0.5) is 0 Å². The minimum Gasteiger partial charge on any atom is -0.350 e. The monoisotopic (exact) mass is 324 g/mol. The van der Waals surface area contributed by atoms with E-state index in [-0.39, 0.29) is 24.6 Å². The van der Waals surface area contributed by atoms with E-state index in [4.69, 9.17) is 9.47 Å². The van der Waals surface area contributed by atoms with Crippen molar-refractivity contribution in [3.8, 4) is 0 Å². The molecule has 3 aliphatic rings. The molecule has 0 unspecified atom stereocenters. The molecule has 0 radical (unpaired) electrons. The second kappa shape index (κ2) is 8.11. The number of amides is 2. The number of piperidine rings is 1. The van der Waals surface area contributed by atoms with Crippen LogP contribution in [-0.4, -0.2) is 67.3 Å². The lowest BCUT2D eigenvalue weighted by Gasteiger charge is -2.35. The van der Waals surface area contributed by atoms with Crippen molar-refractivity contribution in [2.45, 2.75) is 51.2 Å². The molecule has 0 bridgehead atoms. The lowest BCUT2D eigenvalue weighted by Crippen LogP contribution is -2.47. The molecule has 2 amide bonds. The number of rotatable bonds is 3. The molecule has 3 rings (SSSR count). The van der Waals surface area contributed by atoms with E-state index >= 15 is 0 Å².